The highest BCUT2D eigenvalue weighted by atomic mass is 31.2. The van der Waals surface area contributed by atoms with Gasteiger partial charge in [-0.3, -0.25) is 14.3 Å². The van der Waals surface area contributed by atoms with Gasteiger partial charge in [0.05, 0.1) is 6.61 Å². The average molecular weight is 274 g/mol. The summed E-state index contributed by atoms with van der Waals surface area (Å²) in [7, 11) is -1.24. The summed E-state index contributed by atoms with van der Waals surface area (Å²) in [5.41, 5.74) is -0.993. The van der Waals surface area contributed by atoms with Gasteiger partial charge in [-0.1, -0.05) is 0 Å². The van der Waals surface area contributed by atoms with Crippen molar-refractivity contribution in [2.45, 2.75) is 37.4 Å². The zero-order valence-corrected chi connectivity index (χ0v) is 11.8. The van der Waals surface area contributed by atoms with Crippen LogP contribution in [-0.4, -0.2) is 48.4 Å². The van der Waals surface area contributed by atoms with E-state index in [0.29, 0.717) is 25.9 Å². The molecule has 0 aromatic heterocycles. The lowest BCUT2D eigenvalue weighted by molar-refractivity contribution is -0.130. The number of hydrogen-bond donors (Lipinski definition) is 1. The van der Waals surface area contributed by atoms with Crippen LogP contribution in [0.25, 0.3) is 0 Å². The molecular weight excluding hydrogens is 255 g/mol. The molecule has 2 rings (SSSR count). The largest absolute Gasteiger partial charge is 0.329 e. The molecule has 18 heavy (non-hydrogen) atoms. The number of carbonyl (C=O) groups is 2. The first kappa shape index (κ1) is 13.6. The Morgan fingerprint density at radius 2 is 2.22 bits per heavy atom. The maximum atomic E-state index is 12.4. The number of nitrogens with one attached hydrogen (secondary N) is 1. The summed E-state index contributed by atoms with van der Waals surface area (Å²) in [5, 5.41) is 2.73. The number of nitrogens with zero attached hydrogens (tertiary/aromatic N) is 1. The molecule has 2 aliphatic rings. The maximum Gasteiger partial charge on any atom is 0.324 e. The minimum atomic E-state index is -2.71. The first-order chi connectivity index (χ1) is 8.32. The van der Waals surface area contributed by atoms with Crippen molar-refractivity contribution < 1.29 is 18.7 Å². The maximum absolute atomic E-state index is 12.4. The topological polar surface area (TPSA) is 75.7 Å². The summed E-state index contributed by atoms with van der Waals surface area (Å²) in [6.07, 6.45) is 1.60. The first-order valence-electron chi connectivity index (χ1n) is 6.14. The van der Waals surface area contributed by atoms with Crippen LogP contribution >= 0.6 is 7.37 Å². The first-order valence-corrected chi connectivity index (χ1v) is 8.28. The molecule has 3 unspecified atom stereocenters. The normalized spacial score (nSPS) is 35.1. The Bertz CT molecular complexity index is 439. The fourth-order valence-corrected chi connectivity index (χ4v) is 4.81. The number of urea groups is 1. The highest BCUT2D eigenvalue weighted by Crippen LogP contribution is 2.56. The SMILES string of the molecule is CCOP(C)(=O)C1CCC2(C1)NC(=O)N(C)C2=O. The summed E-state index contributed by atoms with van der Waals surface area (Å²) in [6, 6.07) is -0.372. The zero-order chi connectivity index (χ0) is 13.6. The molecule has 1 aliphatic heterocycles. The number of imide groups is 1. The van der Waals surface area contributed by atoms with Crippen LogP contribution in [-0.2, 0) is 13.9 Å². The molecule has 1 saturated heterocycles. The van der Waals surface area contributed by atoms with Crippen LogP contribution in [0.2, 0.25) is 0 Å². The molecular formula is C11H19N2O4P. The molecule has 7 heteroatoms. The second kappa shape index (κ2) is 4.35. The van der Waals surface area contributed by atoms with Crippen molar-refractivity contribution in [1.82, 2.24) is 10.2 Å². The third-order valence-electron chi connectivity index (χ3n) is 3.90. The zero-order valence-electron chi connectivity index (χ0n) is 10.9. The third kappa shape index (κ3) is 1.97. The van der Waals surface area contributed by atoms with Crippen molar-refractivity contribution >= 4 is 19.3 Å². The molecule has 1 aliphatic carbocycles. The van der Waals surface area contributed by atoms with Gasteiger partial charge in [-0.05, 0) is 26.2 Å². The molecule has 102 valence electrons. The van der Waals surface area contributed by atoms with E-state index < -0.39 is 12.9 Å². The quantitative estimate of drug-likeness (QED) is 0.623. The van der Waals surface area contributed by atoms with Crippen LogP contribution in [0.3, 0.4) is 0 Å². The minimum Gasteiger partial charge on any atom is -0.329 e. The van der Waals surface area contributed by atoms with E-state index in [1.54, 1.807) is 13.6 Å². The fraction of sp³-hybridized carbons (Fsp3) is 0.818. The van der Waals surface area contributed by atoms with Gasteiger partial charge in [0.2, 0.25) is 7.37 Å². The summed E-state index contributed by atoms with van der Waals surface area (Å²) in [5.74, 6) is -0.216. The Labute approximate surface area is 106 Å². The van der Waals surface area contributed by atoms with Gasteiger partial charge in [-0.25, -0.2) is 4.79 Å². The molecule has 3 amide bonds. The smallest absolute Gasteiger partial charge is 0.324 e. The van der Waals surface area contributed by atoms with Crippen LogP contribution in [0.4, 0.5) is 4.79 Å². The molecule has 1 heterocycles. The Balaban J connectivity index is 2.16. The number of amides is 3. The summed E-state index contributed by atoms with van der Waals surface area (Å²) < 4.78 is 17.7. The van der Waals surface area contributed by atoms with Crippen molar-refractivity contribution in [2.24, 2.45) is 0 Å². The van der Waals surface area contributed by atoms with Crippen molar-refractivity contribution in [3.05, 3.63) is 0 Å². The molecule has 6 nitrogen and oxygen atoms in total. The van der Waals surface area contributed by atoms with Gasteiger partial charge in [-0.15, -0.1) is 0 Å². The van der Waals surface area contributed by atoms with Crippen LogP contribution in [0.1, 0.15) is 26.2 Å². The Morgan fingerprint density at radius 1 is 1.56 bits per heavy atom. The number of carbonyl (C=O) groups excluding carboxylic acids is 2. The van der Waals surface area contributed by atoms with E-state index in [9.17, 15) is 14.2 Å². The molecule has 0 bridgehead atoms. The monoisotopic (exact) mass is 274 g/mol. The van der Waals surface area contributed by atoms with Gasteiger partial charge in [0.1, 0.15) is 5.54 Å². The van der Waals surface area contributed by atoms with Crippen molar-refractivity contribution in [2.75, 3.05) is 20.3 Å². The molecule has 1 saturated carbocycles. The average Bonchev–Trinajstić information content (AvgIpc) is 2.80. The Kier molecular flexibility index (Phi) is 3.28. The van der Waals surface area contributed by atoms with E-state index in [2.05, 4.69) is 5.32 Å². The lowest BCUT2D eigenvalue weighted by Gasteiger charge is -2.23. The lowest BCUT2D eigenvalue weighted by Crippen LogP contribution is -2.44. The Morgan fingerprint density at radius 3 is 2.72 bits per heavy atom. The van der Waals surface area contributed by atoms with E-state index in [4.69, 9.17) is 4.52 Å². The second-order valence-electron chi connectivity index (χ2n) is 5.10. The van der Waals surface area contributed by atoms with Crippen LogP contribution in [0, 0.1) is 0 Å². The van der Waals surface area contributed by atoms with E-state index in [0.717, 1.165) is 4.90 Å². The van der Waals surface area contributed by atoms with E-state index >= 15 is 0 Å². The number of hydrogen-bond acceptors (Lipinski definition) is 4. The highest BCUT2D eigenvalue weighted by molar-refractivity contribution is 7.58. The Hall–Kier alpha value is -0.870. The molecule has 2 fully saturated rings. The molecule has 1 N–H and O–H groups in total. The molecule has 0 radical (unpaired) electrons. The van der Waals surface area contributed by atoms with Gasteiger partial charge in [0.25, 0.3) is 5.91 Å². The fourth-order valence-electron chi connectivity index (χ4n) is 2.84. The number of likely N-dealkylation sites (N-methyl/N-ethyl adjacent to an activating group) is 1. The van der Waals surface area contributed by atoms with Crippen molar-refractivity contribution in [3.63, 3.8) is 0 Å². The summed E-state index contributed by atoms with van der Waals surface area (Å²) >= 11 is 0. The van der Waals surface area contributed by atoms with Gasteiger partial charge in [-0.2, -0.15) is 0 Å². The van der Waals surface area contributed by atoms with Crippen LogP contribution < -0.4 is 5.32 Å². The van der Waals surface area contributed by atoms with Crippen LogP contribution in [0.5, 0.6) is 0 Å². The number of rotatable bonds is 3. The highest BCUT2D eigenvalue weighted by Gasteiger charge is 2.56. The van der Waals surface area contributed by atoms with Crippen molar-refractivity contribution in [3.8, 4) is 0 Å². The third-order valence-corrected chi connectivity index (χ3v) is 6.44. The lowest BCUT2D eigenvalue weighted by atomic mass is 9.98. The standard InChI is InChI=1S/C11H19N2O4P/c1-4-17-18(3,16)8-5-6-11(7-8)9(14)13(2)10(15)12-11/h8H,4-7H2,1-3H3,(H,12,15). The van der Waals surface area contributed by atoms with Gasteiger partial charge in [0.15, 0.2) is 0 Å². The van der Waals surface area contributed by atoms with E-state index in [1.165, 1.54) is 7.05 Å². The van der Waals surface area contributed by atoms with E-state index in [1.807, 2.05) is 0 Å². The predicted octanol–water partition coefficient (Wildman–Crippen LogP) is 1.40. The predicted molar refractivity (Wildman–Crippen MR) is 66.8 cm³/mol. The molecule has 1 spiro atoms. The van der Waals surface area contributed by atoms with Crippen LogP contribution in [0.15, 0.2) is 0 Å². The molecule has 3 atom stereocenters. The summed E-state index contributed by atoms with van der Waals surface area (Å²) in [6.45, 7) is 3.82. The van der Waals surface area contributed by atoms with Gasteiger partial charge >= 0.3 is 6.03 Å². The molecule has 0 aromatic rings. The summed E-state index contributed by atoms with van der Waals surface area (Å²) in [4.78, 5) is 24.7. The molecule has 0 aromatic carbocycles. The minimum absolute atomic E-state index is 0.145. The van der Waals surface area contributed by atoms with Crippen molar-refractivity contribution in [1.29, 1.82) is 0 Å². The van der Waals surface area contributed by atoms with E-state index in [-0.39, 0.29) is 17.6 Å². The van der Waals surface area contributed by atoms with Gasteiger partial charge in [0, 0.05) is 19.4 Å². The van der Waals surface area contributed by atoms with Gasteiger partial charge < -0.3 is 9.84 Å². The second-order valence-corrected chi connectivity index (χ2v) is 7.91.